The third-order valence-corrected chi connectivity index (χ3v) is 1.51. The van der Waals surface area contributed by atoms with E-state index in [4.69, 9.17) is 0 Å². The lowest BCUT2D eigenvalue weighted by Gasteiger charge is -1.97. The quantitative estimate of drug-likeness (QED) is 0.459. The summed E-state index contributed by atoms with van der Waals surface area (Å²) in [5.41, 5.74) is 0. The predicted octanol–water partition coefficient (Wildman–Crippen LogP) is 4.27. The second-order valence-electron chi connectivity index (χ2n) is 2.58. The molecular weight excluding hydrogens is 132 g/mol. The van der Waals surface area contributed by atoms with E-state index in [1.54, 1.807) is 0 Å². The Morgan fingerprint density at radius 3 is 1.18 bits per heavy atom. The van der Waals surface area contributed by atoms with Crippen LogP contribution >= 0.6 is 0 Å². The Balaban J connectivity index is 0. The fraction of sp³-hybridized carbons (Fsp3) is 0.818. The van der Waals surface area contributed by atoms with Crippen LogP contribution in [0.5, 0.6) is 0 Å². The van der Waals surface area contributed by atoms with Crippen LogP contribution in [0.1, 0.15) is 48.0 Å². The summed E-state index contributed by atoms with van der Waals surface area (Å²) < 4.78 is 0. The van der Waals surface area contributed by atoms with Crippen molar-refractivity contribution in [2.45, 2.75) is 48.0 Å². The minimum atomic E-state index is 0.843. The zero-order chi connectivity index (χ0) is 9.28. The third kappa shape index (κ3) is 7.64. The molecule has 1 rings (SSSR count). The van der Waals surface area contributed by atoms with Crippen molar-refractivity contribution in [1.29, 1.82) is 0 Å². The van der Waals surface area contributed by atoms with Gasteiger partial charge in [-0.1, -0.05) is 53.7 Å². The maximum Gasteiger partial charge on any atom is -0.0256 e. The molecule has 0 bridgehead atoms. The molecule has 2 unspecified atom stereocenters. The van der Waals surface area contributed by atoms with Crippen LogP contribution < -0.4 is 0 Å². The second-order valence-corrected chi connectivity index (χ2v) is 2.58. The Morgan fingerprint density at radius 1 is 0.818 bits per heavy atom. The molecular formula is C11H24. The molecule has 1 aliphatic carbocycles. The van der Waals surface area contributed by atoms with E-state index in [-0.39, 0.29) is 0 Å². The number of rotatable bonds is 0. The van der Waals surface area contributed by atoms with E-state index in [0.29, 0.717) is 0 Å². The van der Waals surface area contributed by atoms with Crippen molar-refractivity contribution >= 4 is 0 Å². The minimum Gasteiger partial charge on any atom is -0.0854 e. The Kier molecular flexibility index (Phi) is 11.8. The first kappa shape index (κ1) is 13.3. The zero-order valence-electron chi connectivity index (χ0n) is 9.02. The summed E-state index contributed by atoms with van der Waals surface area (Å²) in [4.78, 5) is 0. The molecule has 0 radical (unpaired) electrons. The van der Waals surface area contributed by atoms with Crippen LogP contribution in [0.4, 0.5) is 0 Å². The monoisotopic (exact) mass is 156 g/mol. The summed E-state index contributed by atoms with van der Waals surface area (Å²) in [5.74, 6) is 1.69. The van der Waals surface area contributed by atoms with Crippen molar-refractivity contribution in [1.82, 2.24) is 0 Å². The van der Waals surface area contributed by atoms with E-state index in [9.17, 15) is 0 Å². The Morgan fingerprint density at radius 2 is 1.09 bits per heavy atom. The Hall–Kier alpha value is -0.260. The standard InChI is InChI=1S/C7H12.2C2H6/c1-6-3-4-7(2)5-6;2*1-2/h3-4,6-7H,5H2,1-2H3;2*1-2H3. The molecule has 0 fully saturated rings. The molecule has 68 valence electrons. The van der Waals surface area contributed by atoms with Gasteiger partial charge in [-0.25, -0.2) is 0 Å². The Labute approximate surface area is 72.7 Å². The molecule has 0 nitrogen and oxygen atoms in total. The second kappa shape index (κ2) is 9.74. The van der Waals surface area contributed by atoms with Gasteiger partial charge in [-0.05, 0) is 18.3 Å². The summed E-state index contributed by atoms with van der Waals surface area (Å²) in [5, 5.41) is 0. The van der Waals surface area contributed by atoms with Gasteiger partial charge >= 0.3 is 0 Å². The van der Waals surface area contributed by atoms with Gasteiger partial charge < -0.3 is 0 Å². The van der Waals surface area contributed by atoms with Crippen molar-refractivity contribution in [3.8, 4) is 0 Å². The minimum absolute atomic E-state index is 0.843. The molecule has 1 aliphatic rings. The highest BCUT2D eigenvalue weighted by atomic mass is 14.1. The van der Waals surface area contributed by atoms with Gasteiger partial charge in [-0.2, -0.15) is 0 Å². The predicted molar refractivity (Wildman–Crippen MR) is 54.8 cm³/mol. The van der Waals surface area contributed by atoms with Crippen LogP contribution in [-0.4, -0.2) is 0 Å². The molecule has 11 heavy (non-hydrogen) atoms. The maximum absolute atomic E-state index is 2.30. The average molecular weight is 156 g/mol. The summed E-state index contributed by atoms with van der Waals surface area (Å²) in [6.07, 6.45) is 5.95. The van der Waals surface area contributed by atoms with E-state index in [1.165, 1.54) is 6.42 Å². The van der Waals surface area contributed by atoms with Crippen molar-refractivity contribution in [2.75, 3.05) is 0 Å². The first-order valence-electron chi connectivity index (χ1n) is 4.97. The summed E-state index contributed by atoms with van der Waals surface area (Å²) in [7, 11) is 0. The van der Waals surface area contributed by atoms with Gasteiger partial charge in [0.25, 0.3) is 0 Å². The van der Waals surface area contributed by atoms with Crippen molar-refractivity contribution < 1.29 is 0 Å². The number of hydrogen-bond donors (Lipinski definition) is 0. The molecule has 0 heterocycles. The normalized spacial score (nSPS) is 26.4. The van der Waals surface area contributed by atoms with Crippen LogP contribution in [0.15, 0.2) is 12.2 Å². The zero-order valence-corrected chi connectivity index (χ0v) is 9.02. The topological polar surface area (TPSA) is 0 Å². The van der Waals surface area contributed by atoms with Crippen LogP contribution in [0.2, 0.25) is 0 Å². The highest BCUT2D eigenvalue weighted by Gasteiger charge is 2.08. The summed E-state index contributed by atoms with van der Waals surface area (Å²) in [6, 6.07) is 0. The molecule has 0 aromatic carbocycles. The Bertz CT molecular complexity index is 72.0. The number of allylic oxidation sites excluding steroid dienone is 2. The van der Waals surface area contributed by atoms with Gasteiger partial charge in [-0.15, -0.1) is 0 Å². The SMILES string of the molecule is CC.CC.CC1C=CC(C)C1. The highest BCUT2D eigenvalue weighted by molar-refractivity contribution is 4.98. The van der Waals surface area contributed by atoms with Gasteiger partial charge in [0, 0.05) is 0 Å². The van der Waals surface area contributed by atoms with Crippen molar-refractivity contribution in [3.05, 3.63) is 12.2 Å². The number of hydrogen-bond acceptors (Lipinski definition) is 0. The van der Waals surface area contributed by atoms with Crippen molar-refractivity contribution in [2.24, 2.45) is 11.8 Å². The lowest BCUT2D eigenvalue weighted by atomic mass is 10.1. The average Bonchev–Trinajstić information content (AvgIpc) is 2.43. The highest BCUT2D eigenvalue weighted by Crippen LogP contribution is 2.21. The molecule has 0 spiro atoms. The molecule has 0 saturated carbocycles. The lowest BCUT2D eigenvalue weighted by molar-refractivity contribution is 0.591. The van der Waals surface area contributed by atoms with Crippen LogP contribution in [0.3, 0.4) is 0 Å². The van der Waals surface area contributed by atoms with E-state index in [0.717, 1.165) is 11.8 Å². The van der Waals surface area contributed by atoms with Crippen LogP contribution in [0, 0.1) is 11.8 Å². The van der Waals surface area contributed by atoms with Gasteiger partial charge in [0.1, 0.15) is 0 Å². The summed E-state index contributed by atoms with van der Waals surface area (Å²) >= 11 is 0. The van der Waals surface area contributed by atoms with E-state index in [2.05, 4.69) is 26.0 Å². The van der Waals surface area contributed by atoms with Gasteiger partial charge in [0.15, 0.2) is 0 Å². The van der Waals surface area contributed by atoms with Gasteiger partial charge in [0.2, 0.25) is 0 Å². The molecule has 0 aromatic rings. The third-order valence-electron chi connectivity index (χ3n) is 1.51. The smallest absolute Gasteiger partial charge is 0.0256 e. The molecule has 0 amide bonds. The molecule has 0 aromatic heterocycles. The van der Waals surface area contributed by atoms with E-state index < -0.39 is 0 Å². The summed E-state index contributed by atoms with van der Waals surface area (Å²) in [6.45, 7) is 12.5. The molecule has 2 atom stereocenters. The van der Waals surface area contributed by atoms with Gasteiger partial charge in [0.05, 0.1) is 0 Å². The van der Waals surface area contributed by atoms with Gasteiger partial charge in [-0.3, -0.25) is 0 Å². The van der Waals surface area contributed by atoms with Crippen LogP contribution in [0.25, 0.3) is 0 Å². The largest absolute Gasteiger partial charge is 0.0854 e. The molecule has 0 N–H and O–H groups in total. The first-order chi connectivity index (χ1) is 5.29. The fourth-order valence-corrected chi connectivity index (χ4v) is 1.12. The van der Waals surface area contributed by atoms with E-state index >= 15 is 0 Å². The fourth-order valence-electron chi connectivity index (χ4n) is 1.12. The first-order valence-corrected chi connectivity index (χ1v) is 4.97. The molecule has 0 saturated heterocycles. The molecule has 0 aliphatic heterocycles. The van der Waals surface area contributed by atoms with E-state index in [1.807, 2.05) is 27.7 Å². The maximum atomic E-state index is 2.30. The van der Waals surface area contributed by atoms with Crippen molar-refractivity contribution in [3.63, 3.8) is 0 Å². The van der Waals surface area contributed by atoms with Crippen LogP contribution in [-0.2, 0) is 0 Å². The molecule has 0 heteroatoms. The lowest BCUT2D eigenvalue weighted by Crippen LogP contribution is -1.86.